The summed E-state index contributed by atoms with van der Waals surface area (Å²) in [7, 11) is 0. The van der Waals surface area contributed by atoms with E-state index >= 15 is 0 Å². The van der Waals surface area contributed by atoms with Crippen LogP contribution in [0.2, 0.25) is 0 Å². The summed E-state index contributed by atoms with van der Waals surface area (Å²) in [6, 6.07) is 5.01. The van der Waals surface area contributed by atoms with Crippen LogP contribution in [0, 0.1) is 0 Å². The second-order valence-corrected chi connectivity index (χ2v) is 6.83. The SMILES string of the molecule is O=C(c1ccncc1)N1CCc2sc(-c3noc(C(F)(F)F)n3)cc2C1. The number of rotatable bonds is 2. The van der Waals surface area contributed by atoms with Gasteiger partial charge in [0.25, 0.3) is 5.91 Å². The highest BCUT2D eigenvalue weighted by Gasteiger charge is 2.38. The fraction of sp³-hybridized carbons (Fsp3) is 0.250. The molecule has 10 heteroatoms. The molecular weight excluding hydrogens is 369 g/mol. The van der Waals surface area contributed by atoms with Gasteiger partial charge in [-0.1, -0.05) is 5.16 Å². The average molecular weight is 380 g/mol. The molecule has 3 aromatic heterocycles. The second kappa shape index (κ2) is 6.20. The Morgan fingerprint density at radius 3 is 2.73 bits per heavy atom. The predicted octanol–water partition coefficient (Wildman–Crippen LogP) is 3.41. The van der Waals surface area contributed by atoms with Crippen molar-refractivity contribution in [3.05, 3.63) is 52.5 Å². The minimum atomic E-state index is -4.67. The highest BCUT2D eigenvalue weighted by Crippen LogP contribution is 2.35. The molecule has 4 heterocycles. The van der Waals surface area contributed by atoms with E-state index in [4.69, 9.17) is 0 Å². The van der Waals surface area contributed by atoms with Crippen molar-refractivity contribution in [2.75, 3.05) is 6.54 Å². The van der Waals surface area contributed by atoms with Crippen molar-refractivity contribution >= 4 is 17.2 Å². The van der Waals surface area contributed by atoms with Gasteiger partial charge >= 0.3 is 12.1 Å². The Kier molecular flexibility index (Phi) is 3.98. The largest absolute Gasteiger partial charge is 0.471 e. The number of carbonyl (C=O) groups excluding carboxylic acids is 1. The van der Waals surface area contributed by atoms with Gasteiger partial charge in [0.05, 0.1) is 4.88 Å². The van der Waals surface area contributed by atoms with Gasteiger partial charge in [-0.2, -0.15) is 18.2 Å². The van der Waals surface area contributed by atoms with Crippen molar-refractivity contribution in [2.24, 2.45) is 0 Å². The molecule has 0 saturated heterocycles. The summed E-state index contributed by atoms with van der Waals surface area (Å²) < 4.78 is 42.1. The van der Waals surface area contributed by atoms with E-state index in [2.05, 4.69) is 19.6 Å². The lowest BCUT2D eigenvalue weighted by molar-refractivity contribution is -0.159. The Balaban J connectivity index is 1.56. The van der Waals surface area contributed by atoms with E-state index in [-0.39, 0.29) is 11.7 Å². The molecule has 0 unspecified atom stereocenters. The van der Waals surface area contributed by atoms with E-state index in [1.54, 1.807) is 35.5 Å². The number of fused-ring (bicyclic) bond motifs is 1. The van der Waals surface area contributed by atoms with Crippen molar-refractivity contribution in [3.63, 3.8) is 0 Å². The zero-order valence-corrected chi connectivity index (χ0v) is 14.0. The number of halogens is 3. The fourth-order valence-electron chi connectivity index (χ4n) is 2.73. The molecule has 4 rings (SSSR count). The van der Waals surface area contributed by atoms with Crippen molar-refractivity contribution < 1.29 is 22.5 Å². The number of pyridine rings is 1. The Labute approximate surface area is 149 Å². The van der Waals surface area contributed by atoms with Crippen molar-refractivity contribution in [1.82, 2.24) is 20.0 Å². The molecule has 134 valence electrons. The van der Waals surface area contributed by atoms with Crippen LogP contribution in [0.1, 0.15) is 26.7 Å². The van der Waals surface area contributed by atoms with Gasteiger partial charge in [0.1, 0.15) is 0 Å². The van der Waals surface area contributed by atoms with Gasteiger partial charge in [-0.3, -0.25) is 9.78 Å². The van der Waals surface area contributed by atoms with E-state index < -0.39 is 12.1 Å². The van der Waals surface area contributed by atoms with E-state index in [1.807, 2.05) is 0 Å². The number of nitrogens with zero attached hydrogens (tertiary/aromatic N) is 4. The molecule has 26 heavy (non-hydrogen) atoms. The van der Waals surface area contributed by atoms with Crippen molar-refractivity contribution in [3.8, 4) is 10.7 Å². The lowest BCUT2D eigenvalue weighted by Gasteiger charge is -2.26. The lowest BCUT2D eigenvalue weighted by Crippen LogP contribution is -2.35. The Morgan fingerprint density at radius 1 is 1.27 bits per heavy atom. The first-order valence-corrected chi connectivity index (χ1v) is 8.45. The van der Waals surface area contributed by atoms with Crippen LogP contribution >= 0.6 is 11.3 Å². The number of thiophene rings is 1. The molecule has 3 aromatic rings. The summed E-state index contributed by atoms with van der Waals surface area (Å²) >= 11 is 1.32. The standard InChI is InChI=1S/C16H11F3N4O2S/c17-16(18,19)15-21-13(22-25-15)12-7-10-8-23(6-3-11(10)26-12)14(24)9-1-4-20-5-2-9/h1-2,4-5,7H,3,6,8H2. The summed E-state index contributed by atoms with van der Waals surface area (Å²) in [6.45, 7) is 0.922. The first-order chi connectivity index (χ1) is 12.4. The average Bonchev–Trinajstić information content (AvgIpc) is 3.27. The van der Waals surface area contributed by atoms with Crippen LogP contribution in [0.4, 0.5) is 13.2 Å². The lowest BCUT2D eigenvalue weighted by atomic mass is 10.1. The quantitative estimate of drug-likeness (QED) is 0.681. The minimum absolute atomic E-state index is 0.0938. The first-order valence-electron chi connectivity index (χ1n) is 7.64. The van der Waals surface area contributed by atoms with Crippen LogP contribution < -0.4 is 0 Å². The number of hydrogen-bond donors (Lipinski definition) is 0. The number of carbonyl (C=O) groups is 1. The zero-order valence-electron chi connectivity index (χ0n) is 13.2. The summed E-state index contributed by atoms with van der Waals surface area (Å²) in [6.07, 6.45) is -0.934. The zero-order chi connectivity index (χ0) is 18.3. The monoisotopic (exact) mass is 380 g/mol. The molecule has 0 fully saturated rings. The molecule has 0 saturated carbocycles. The Morgan fingerprint density at radius 2 is 2.04 bits per heavy atom. The Hall–Kier alpha value is -2.75. The van der Waals surface area contributed by atoms with Crippen molar-refractivity contribution in [2.45, 2.75) is 19.1 Å². The van der Waals surface area contributed by atoms with Crippen LogP contribution in [0.3, 0.4) is 0 Å². The van der Waals surface area contributed by atoms with E-state index in [0.29, 0.717) is 30.0 Å². The summed E-state index contributed by atoms with van der Waals surface area (Å²) in [5, 5.41) is 3.41. The smallest absolute Gasteiger partial charge is 0.334 e. The topological polar surface area (TPSA) is 72.1 Å². The van der Waals surface area contributed by atoms with Crippen LogP contribution in [0.25, 0.3) is 10.7 Å². The third-order valence-corrected chi connectivity index (χ3v) is 5.20. The molecule has 0 radical (unpaired) electrons. The number of hydrogen-bond acceptors (Lipinski definition) is 6. The normalized spacial score (nSPS) is 14.3. The molecule has 0 aliphatic carbocycles. The van der Waals surface area contributed by atoms with Gasteiger partial charge in [0.15, 0.2) is 0 Å². The maximum atomic E-state index is 12.6. The minimum Gasteiger partial charge on any atom is -0.334 e. The third-order valence-electron chi connectivity index (χ3n) is 3.97. The summed E-state index contributed by atoms with van der Waals surface area (Å²) in [4.78, 5) is 23.1. The van der Waals surface area contributed by atoms with Crippen LogP contribution in [-0.2, 0) is 19.1 Å². The molecule has 0 aromatic carbocycles. The summed E-state index contributed by atoms with van der Waals surface area (Å²) in [5.41, 5.74) is 1.43. The van der Waals surface area contributed by atoms with E-state index in [9.17, 15) is 18.0 Å². The number of aromatic nitrogens is 3. The van der Waals surface area contributed by atoms with Gasteiger partial charge < -0.3 is 9.42 Å². The molecule has 1 aliphatic heterocycles. The number of amides is 1. The maximum absolute atomic E-state index is 12.6. The van der Waals surface area contributed by atoms with Gasteiger partial charge in [0, 0.05) is 35.9 Å². The van der Waals surface area contributed by atoms with Crippen LogP contribution in [0.5, 0.6) is 0 Å². The highest BCUT2D eigenvalue weighted by molar-refractivity contribution is 7.15. The van der Waals surface area contributed by atoms with Gasteiger partial charge in [0.2, 0.25) is 5.82 Å². The van der Waals surface area contributed by atoms with Gasteiger partial charge in [-0.15, -0.1) is 11.3 Å². The van der Waals surface area contributed by atoms with Crippen molar-refractivity contribution in [1.29, 1.82) is 0 Å². The molecule has 1 amide bonds. The Bertz CT molecular complexity index is 952. The summed E-state index contributed by atoms with van der Waals surface area (Å²) in [5.74, 6) is -1.57. The molecule has 6 nitrogen and oxygen atoms in total. The fourth-order valence-corrected chi connectivity index (χ4v) is 3.82. The molecule has 1 aliphatic rings. The first kappa shape index (κ1) is 16.7. The maximum Gasteiger partial charge on any atom is 0.471 e. The molecular formula is C16H11F3N4O2S. The van der Waals surface area contributed by atoms with Crippen LogP contribution in [0.15, 0.2) is 35.1 Å². The van der Waals surface area contributed by atoms with Gasteiger partial charge in [-0.05, 0) is 30.2 Å². The molecule has 0 bridgehead atoms. The molecule has 0 spiro atoms. The third kappa shape index (κ3) is 3.07. The predicted molar refractivity (Wildman–Crippen MR) is 85.3 cm³/mol. The number of alkyl halides is 3. The second-order valence-electron chi connectivity index (χ2n) is 5.69. The van der Waals surface area contributed by atoms with E-state index in [0.717, 1.165) is 10.4 Å². The highest BCUT2D eigenvalue weighted by atomic mass is 32.1. The molecule has 0 N–H and O–H groups in total. The van der Waals surface area contributed by atoms with Crippen LogP contribution in [-0.4, -0.2) is 32.5 Å². The van der Waals surface area contributed by atoms with Gasteiger partial charge in [-0.25, -0.2) is 0 Å². The van der Waals surface area contributed by atoms with E-state index in [1.165, 1.54) is 11.3 Å². The molecule has 0 atom stereocenters.